The molecule has 4 nitrogen and oxygen atoms in total. The summed E-state index contributed by atoms with van der Waals surface area (Å²) in [5, 5.41) is 1.72. The zero-order chi connectivity index (χ0) is 14.4. The van der Waals surface area contributed by atoms with Gasteiger partial charge in [0.2, 0.25) is 5.95 Å². The van der Waals surface area contributed by atoms with Crippen molar-refractivity contribution in [3.05, 3.63) is 15.6 Å². The summed E-state index contributed by atoms with van der Waals surface area (Å²) in [6.07, 6.45) is 3.50. The Morgan fingerprint density at radius 3 is 2.90 bits per heavy atom. The van der Waals surface area contributed by atoms with E-state index in [0.717, 1.165) is 61.2 Å². The molecule has 4 rings (SSSR count). The van der Waals surface area contributed by atoms with Gasteiger partial charge < -0.3 is 9.64 Å². The molecule has 2 aromatic rings. The Kier molecular flexibility index (Phi) is 3.52. The fourth-order valence-corrected chi connectivity index (χ4v) is 4.91. The van der Waals surface area contributed by atoms with Gasteiger partial charge in [0.15, 0.2) is 0 Å². The number of halogens is 1. The number of anilines is 1. The molecule has 112 valence electrons. The monoisotopic (exact) mass is 323 g/mol. The molecule has 0 aromatic carbocycles. The number of rotatable bonds is 1. The highest BCUT2D eigenvalue weighted by Gasteiger charge is 2.24. The van der Waals surface area contributed by atoms with Crippen molar-refractivity contribution in [1.29, 1.82) is 0 Å². The van der Waals surface area contributed by atoms with Crippen molar-refractivity contribution >= 4 is 39.1 Å². The molecule has 1 saturated heterocycles. The molecule has 1 fully saturated rings. The van der Waals surface area contributed by atoms with Crippen molar-refractivity contribution in [1.82, 2.24) is 9.97 Å². The molecule has 2 aliphatic rings. The van der Waals surface area contributed by atoms with Crippen LogP contribution in [0.15, 0.2) is 0 Å². The van der Waals surface area contributed by atoms with E-state index in [9.17, 15) is 0 Å². The molecule has 6 heteroatoms. The van der Waals surface area contributed by atoms with Crippen LogP contribution in [0.2, 0.25) is 5.15 Å². The molecular weight excluding hydrogens is 306 g/mol. The lowest BCUT2D eigenvalue weighted by molar-refractivity contribution is 0.122. The summed E-state index contributed by atoms with van der Waals surface area (Å²) in [5.41, 5.74) is 1.40. The maximum absolute atomic E-state index is 6.49. The number of hydrogen-bond acceptors (Lipinski definition) is 5. The van der Waals surface area contributed by atoms with Gasteiger partial charge in [-0.25, -0.2) is 9.97 Å². The molecule has 3 heterocycles. The second-order valence-corrected chi connectivity index (χ2v) is 7.39. The van der Waals surface area contributed by atoms with Crippen LogP contribution in [0.1, 0.15) is 23.8 Å². The van der Waals surface area contributed by atoms with Crippen LogP contribution in [0, 0.1) is 5.92 Å². The summed E-state index contributed by atoms with van der Waals surface area (Å²) in [7, 11) is 0. The lowest BCUT2D eigenvalue weighted by Gasteiger charge is -2.26. The number of morpholine rings is 1. The van der Waals surface area contributed by atoms with Gasteiger partial charge in [-0.1, -0.05) is 18.5 Å². The maximum Gasteiger partial charge on any atom is 0.228 e. The molecule has 1 aliphatic carbocycles. The van der Waals surface area contributed by atoms with Crippen LogP contribution in [0.25, 0.3) is 10.2 Å². The Balaban J connectivity index is 1.79. The maximum atomic E-state index is 6.49. The van der Waals surface area contributed by atoms with Gasteiger partial charge in [-0.15, -0.1) is 11.3 Å². The van der Waals surface area contributed by atoms with Gasteiger partial charge in [-0.3, -0.25) is 0 Å². The number of nitrogens with zero attached hydrogens (tertiary/aromatic N) is 3. The molecule has 0 spiro atoms. The summed E-state index contributed by atoms with van der Waals surface area (Å²) < 4.78 is 5.39. The van der Waals surface area contributed by atoms with Gasteiger partial charge in [0.1, 0.15) is 9.98 Å². The predicted molar refractivity (Wildman–Crippen MR) is 86.6 cm³/mol. The van der Waals surface area contributed by atoms with Crippen molar-refractivity contribution < 1.29 is 4.74 Å². The zero-order valence-corrected chi connectivity index (χ0v) is 13.6. The Morgan fingerprint density at radius 1 is 1.29 bits per heavy atom. The zero-order valence-electron chi connectivity index (χ0n) is 12.1. The molecule has 0 saturated carbocycles. The van der Waals surface area contributed by atoms with E-state index in [-0.39, 0.29) is 0 Å². The Bertz CT molecular complexity index is 681. The van der Waals surface area contributed by atoms with Crippen LogP contribution in [0.3, 0.4) is 0 Å². The number of ether oxygens (including phenoxy) is 1. The smallest absolute Gasteiger partial charge is 0.228 e. The summed E-state index contributed by atoms with van der Waals surface area (Å²) in [5.74, 6) is 1.51. The van der Waals surface area contributed by atoms with Crippen molar-refractivity contribution in [2.75, 3.05) is 31.2 Å². The number of fused-ring (bicyclic) bond motifs is 3. The molecule has 0 bridgehead atoms. The fraction of sp³-hybridized carbons (Fsp3) is 0.600. The van der Waals surface area contributed by atoms with Gasteiger partial charge >= 0.3 is 0 Å². The highest BCUT2D eigenvalue weighted by molar-refractivity contribution is 7.19. The van der Waals surface area contributed by atoms with E-state index in [4.69, 9.17) is 21.3 Å². The quantitative estimate of drug-likeness (QED) is 0.755. The fourth-order valence-electron chi connectivity index (χ4n) is 3.19. The molecule has 1 atom stereocenters. The van der Waals surface area contributed by atoms with E-state index in [1.807, 2.05) is 0 Å². The molecule has 1 aliphatic heterocycles. The molecule has 0 N–H and O–H groups in total. The van der Waals surface area contributed by atoms with Crippen molar-refractivity contribution in [3.63, 3.8) is 0 Å². The highest BCUT2D eigenvalue weighted by atomic mass is 35.5. The number of thiophene rings is 1. The van der Waals surface area contributed by atoms with Gasteiger partial charge in [0.25, 0.3) is 0 Å². The van der Waals surface area contributed by atoms with E-state index in [0.29, 0.717) is 5.15 Å². The summed E-state index contributed by atoms with van der Waals surface area (Å²) in [6, 6.07) is 0. The molecule has 0 radical (unpaired) electrons. The Labute approximate surface area is 133 Å². The van der Waals surface area contributed by atoms with Gasteiger partial charge in [-0.2, -0.15) is 0 Å². The molecule has 0 amide bonds. The number of aromatic nitrogens is 2. The number of hydrogen-bond donors (Lipinski definition) is 0. The average molecular weight is 324 g/mol. The van der Waals surface area contributed by atoms with E-state index in [2.05, 4.69) is 16.8 Å². The van der Waals surface area contributed by atoms with E-state index >= 15 is 0 Å². The SMILES string of the molecule is CC1CCc2c(sc3nc(N4CCOCC4)nc(Cl)c23)C1. The first kappa shape index (κ1) is 13.7. The van der Waals surface area contributed by atoms with Crippen molar-refractivity contribution in [2.45, 2.75) is 26.2 Å². The van der Waals surface area contributed by atoms with Gasteiger partial charge in [0.05, 0.1) is 18.6 Å². The average Bonchev–Trinajstić information content (AvgIpc) is 2.85. The van der Waals surface area contributed by atoms with Crippen LogP contribution >= 0.6 is 22.9 Å². The highest BCUT2D eigenvalue weighted by Crippen LogP contribution is 2.40. The van der Waals surface area contributed by atoms with Crippen molar-refractivity contribution in [3.8, 4) is 0 Å². The van der Waals surface area contributed by atoms with Crippen LogP contribution < -0.4 is 4.90 Å². The summed E-state index contributed by atoms with van der Waals surface area (Å²) in [6.45, 7) is 5.46. The Morgan fingerprint density at radius 2 is 2.10 bits per heavy atom. The minimum atomic E-state index is 0.619. The van der Waals surface area contributed by atoms with E-state index in [1.54, 1.807) is 11.3 Å². The minimum Gasteiger partial charge on any atom is -0.378 e. The first-order valence-electron chi connectivity index (χ1n) is 7.53. The largest absolute Gasteiger partial charge is 0.378 e. The van der Waals surface area contributed by atoms with E-state index in [1.165, 1.54) is 16.9 Å². The first-order valence-corrected chi connectivity index (χ1v) is 8.72. The van der Waals surface area contributed by atoms with E-state index < -0.39 is 0 Å². The minimum absolute atomic E-state index is 0.619. The second-order valence-electron chi connectivity index (χ2n) is 5.95. The topological polar surface area (TPSA) is 38.2 Å². The van der Waals surface area contributed by atoms with Crippen LogP contribution in [-0.2, 0) is 17.6 Å². The van der Waals surface area contributed by atoms with Gasteiger partial charge in [-0.05, 0) is 30.7 Å². The molecule has 1 unspecified atom stereocenters. The third-order valence-corrected chi connectivity index (χ3v) is 5.81. The lowest BCUT2D eigenvalue weighted by atomic mass is 9.89. The predicted octanol–water partition coefficient (Wildman–Crippen LogP) is 3.31. The normalized spacial score (nSPS) is 22.6. The van der Waals surface area contributed by atoms with Crippen LogP contribution in [0.5, 0.6) is 0 Å². The lowest BCUT2D eigenvalue weighted by Crippen LogP contribution is -2.37. The molecule has 2 aromatic heterocycles. The first-order chi connectivity index (χ1) is 10.2. The third kappa shape index (κ3) is 2.41. The third-order valence-electron chi connectivity index (χ3n) is 4.39. The van der Waals surface area contributed by atoms with Crippen molar-refractivity contribution in [2.24, 2.45) is 5.92 Å². The molecular formula is C15H18ClN3OS. The number of aryl methyl sites for hydroxylation is 1. The molecule has 21 heavy (non-hydrogen) atoms. The second kappa shape index (κ2) is 5.38. The van der Waals surface area contributed by atoms with Crippen LogP contribution in [0.4, 0.5) is 5.95 Å². The standard InChI is InChI=1S/C15H18ClN3OS/c1-9-2-3-10-11(8-9)21-14-12(10)13(16)17-15(18-14)19-4-6-20-7-5-19/h9H,2-8H2,1H3. The van der Waals surface area contributed by atoms with Crippen LogP contribution in [-0.4, -0.2) is 36.3 Å². The summed E-state index contributed by atoms with van der Waals surface area (Å²) in [4.78, 5) is 14.0. The van der Waals surface area contributed by atoms with Gasteiger partial charge in [0, 0.05) is 18.0 Å². The Hall–Kier alpha value is -0.910. The summed E-state index contributed by atoms with van der Waals surface area (Å²) >= 11 is 8.30.